The molecule has 0 heterocycles. The predicted molar refractivity (Wildman–Crippen MR) is 28.3 cm³/mol. The lowest BCUT2D eigenvalue weighted by Gasteiger charge is -2.00. The van der Waals surface area contributed by atoms with Gasteiger partial charge >= 0.3 is 7.82 Å². The van der Waals surface area contributed by atoms with E-state index in [-0.39, 0.29) is 6.61 Å². The molecule has 0 saturated heterocycles. The highest BCUT2D eigenvalue weighted by molar-refractivity contribution is 7.46. The Morgan fingerprint density at radius 2 is 2.12 bits per heavy atom. The summed E-state index contributed by atoms with van der Waals surface area (Å²) in [5.74, 6) is 0. The van der Waals surface area contributed by atoms with E-state index in [1.807, 2.05) is 0 Å². The maximum Gasteiger partial charge on any atom is 0.469 e. The molecule has 0 aliphatic heterocycles. The van der Waals surface area contributed by atoms with Gasteiger partial charge in [0.1, 0.15) is 0 Å². The van der Waals surface area contributed by atoms with Gasteiger partial charge in [0.15, 0.2) is 0 Å². The van der Waals surface area contributed by atoms with E-state index in [1.54, 1.807) is 6.92 Å². The van der Waals surface area contributed by atoms with Crippen molar-refractivity contribution in [3.05, 3.63) is 0 Å². The fraction of sp³-hybridized carbons (Fsp3) is 1.00. The third-order valence-electron chi connectivity index (χ3n) is 0.464. The Balaban J connectivity index is 3.26. The van der Waals surface area contributed by atoms with Crippen molar-refractivity contribution in [3.63, 3.8) is 0 Å². The highest BCUT2D eigenvalue weighted by Gasteiger charge is 2.11. The maximum atomic E-state index is 9.86. The van der Waals surface area contributed by atoms with Gasteiger partial charge in [-0.05, 0) is 6.42 Å². The highest BCUT2D eigenvalue weighted by Crippen LogP contribution is 2.35. The summed E-state index contributed by atoms with van der Waals surface area (Å²) in [6.45, 7) is 1.89. The zero-order valence-electron chi connectivity index (χ0n) is 4.57. The Labute approximate surface area is 47.7 Å². The Hall–Kier alpha value is 0.110. The van der Waals surface area contributed by atoms with Crippen LogP contribution in [0.4, 0.5) is 0 Å². The zero-order chi connectivity index (χ0) is 6.62. The molecule has 8 heavy (non-hydrogen) atoms. The largest absolute Gasteiger partial charge is 0.469 e. The molecule has 0 atom stereocenters. The van der Waals surface area contributed by atoms with Crippen LogP contribution >= 0.6 is 7.82 Å². The number of phosphoric acid groups is 1. The van der Waals surface area contributed by atoms with Gasteiger partial charge in [-0.1, -0.05) is 6.92 Å². The van der Waals surface area contributed by atoms with Crippen LogP contribution in [0.3, 0.4) is 0 Å². The first kappa shape index (κ1) is 8.11. The van der Waals surface area contributed by atoms with Crippen LogP contribution in [0.1, 0.15) is 13.3 Å². The quantitative estimate of drug-likeness (QED) is 0.560. The van der Waals surface area contributed by atoms with E-state index in [2.05, 4.69) is 4.52 Å². The van der Waals surface area contributed by atoms with Crippen molar-refractivity contribution in [3.8, 4) is 0 Å². The Morgan fingerprint density at radius 1 is 1.62 bits per heavy atom. The van der Waals surface area contributed by atoms with Gasteiger partial charge < -0.3 is 9.79 Å². The second-order valence-corrected chi connectivity index (χ2v) is 2.56. The lowest BCUT2D eigenvalue weighted by Crippen LogP contribution is -1.88. The number of rotatable bonds is 3. The summed E-state index contributed by atoms with van der Waals surface area (Å²) in [6.07, 6.45) is 0.616. The Bertz CT molecular complexity index is 95.5. The molecule has 0 unspecified atom stereocenters. The van der Waals surface area contributed by atoms with Gasteiger partial charge in [0.25, 0.3) is 0 Å². The molecule has 4 nitrogen and oxygen atoms in total. The van der Waals surface area contributed by atoms with E-state index >= 15 is 0 Å². The summed E-state index contributed by atoms with van der Waals surface area (Å²) in [4.78, 5) is 16.1. The molecule has 0 aromatic heterocycles. The number of phosphoric ester groups is 1. The van der Waals surface area contributed by atoms with Gasteiger partial charge in [-0.3, -0.25) is 4.52 Å². The van der Waals surface area contributed by atoms with Crippen molar-refractivity contribution >= 4 is 7.82 Å². The summed E-state index contributed by atoms with van der Waals surface area (Å²) in [5.41, 5.74) is 0. The fourth-order valence-corrected chi connectivity index (χ4v) is 0.631. The average molecular weight is 140 g/mol. The van der Waals surface area contributed by atoms with Crippen LogP contribution in [0.2, 0.25) is 0 Å². The lowest BCUT2D eigenvalue weighted by atomic mass is 10.5. The van der Waals surface area contributed by atoms with Gasteiger partial charge in [-0.15, -0.1) is 0 Å². The summed E-state index contributed by atoms with van der Waals surface area (Å²) >= 11 is 0. The number of hydrogen-bond acceptors (Lipinski definition) is 2. The van der Waals surface area contributed by atoms with Gasteiger partial charge in [0.2, 0.25) is 0 Å². The average Bonchev–Trinajstić information content (AvgIpc) is 1.59. The van der Waals surface area contributed by atoms with Crippen LogP contribution in [0.5, 0.6) is 0 Å². The van der Waals surface area contributed by atoms with Crippen LogP contribution in [-0.2, 0) is 9.09 Å². The van der Waals surface area contributed by atoms with E-state index in [1.165, 1.54) is 0 Å². The van der Waals surface area contributed by atoms with Crippen LogP contribution in [0, 0.1) is 0 Å². The molecule has 0 aliphatic carbocycles. The molecule has 0 aromatic carbocycles. The topological polar surface area (TPSA) is 66.8 Å². The van der Waals surface area contributed by atoms with E-state index in [4.69, 9.17) is 9.79 Å². The minimum Gasteiger partial charge on any atom is -0.303 e. The first-order valence-electron chi connectivity index (χ1n) is 2.26. The standard InChI is InChI=1S/C3H9O4P/c1-2-3-7-8(4,5)6/h2-3H2,1H3,(H2,4,5,6). The summed E-state index contributed by atoms with van der Waals surface area (Å²) in [7, 11) is -4.18. The molecule has 0 fully saturated rings. The lowest BCUT2D eigenvalue weighted by molar-refractivity contribution is 0.197. The van der Waals surface area contributed by atoms with Crippen LogP contribution in [-0.4, -0.2) is 16.4 Å². The molecule has 50 valence electrons. The Kier molecular flexibility index (Phi) is 3.24. The van der Waals surface area contributed by atoms with E-state index in [9.17, 15) is 4.57 Å². The maximum absolute atomic E-state index is 9.86. The van der Waals surface area contributed by atoms with Crippen molar-refractivity contribution in [2.45, 2.75) is 13.3 Å². The monoisotopic (exact) mass is 140 g/mol. The first-order valence-corrected chi connectivity index (χ1v) is 3.79. The molecule has 0 aromatic rings. The van der Waals surface area contributed by atoms with Gasteiger partial charge in [0.05, 0.1) is 6.61 Å². The van der Waals surface area contributed by atoms with Crippen molar-refractivity contribution < 1.29 is 18.9 Å². The van der Waals surface area contributed by atoms with Crippen molar-refractivity contribution in [2.24, 2.45) is 0 Å². The Morgan fingerprint density at radius 3 is 2.25 bits per heavy atom. The molecule has 0 spiro atoms. The fourth-order valence-electron chi connectivity index (χ4n) is 0.210. The van der Waals surface area contributed by atoms with Crippen molar-refractivity contribution in [1.29, 1.82) is 0 Å². The second kappa shape index (κ2) is 3.20. The van der Waals surface area contributed by atoms with Crippen LogP contribution in [0.25, 0.3) is 0 Å². The molecule has 2 N–H and O–H groups in total. The van der Waals surface area contributed by atoms with E-state index in [0.29, 0.717) is 6.42 Å². The zero-order valence-corrected chi connectivity index (χ0v) is 5.47. The molecular weight excluding hydrogens is 131 g/mol. The minimum atomic E-state index is -4.18. The summed E-state index contributed by atoms with van der Waals surface area (Å²) in [5, 5.41) is 0. The summed E-state index contributed by atoms with van der Waals surface area (Å²) in [6, 6.07) is 0. The summed E-state index contributed by atoms with van der Waals surface area (Å²) < 4.78 is 13.9. The second-order valence-electron chi connectivity index (χ2n) is 1.32. The third-order valence-corrected chi connectivity index (χ3v) is 0.983. The van der Waals surface area contributed by atoms with Gasteiger partial charge in [-0.25, -0.2) is 4.57 Å². The van der Waals surface area contributed by atoms with E-state index in [0.717, 1.165) is 0 Å². The molecule has 0 bridgehead atoms. The molecule has 0 aliphatic rings. The van der Waals surface area contributed by atoms with Crippen molar-refractivity contribution in [2.75, 3.05) is 6.61 Å². The van der Waals surface area contributed by atoms with E-state index < -0.39 is 7.82 Å². The minimum absolute atomic E-state index is 0.115. The van der Waals surface area contributed by atoms with Gasteiger partial charge in [0, 0.05) is 0 Å². The predicted octanol–water partition coefficient (Wildman–Crippen LogP) is 0.506. The SMILES string of the molecule is CCCOP(=O)(O)O. The molecular formula is C3H9O4P. The first-order chi connectivity index (χ1) is 3.56. The normalized spacial score (nSPS) is 11.9. The molecule has 0 amide bonds. The van der Waals surface area contributed by atoms with Gasteiger partial charge in [-0.2, -0.15) is 0 Å². The van der Waals surface area contributed by atoms with Crippen LogP contribution < -0.4 is 0 Å². The third kappa shape index (κ3) is 6.11. The molecule has 5 heteroatoms. The van der Waals surface area contributed by atoms with Crippen LogP contribution in [0.15, 0.2) is 0 Å². The molecule has 0 radical (unpaired) electrons. The van der Waals surface area contributed by atoms with Crippen molar-refractivity contribution in [1.82, 2.24) is 0 Å². The number of hydrogen-bond donors (Lipinski definition) is 2. The highest BCUT2D eigenvalue weighted by atomic mass is 31.2. The molecule has 0 saturated carbocycles. The molecule has 0 rings (SSSR count). The smallest absolute Gasteiger partial charge is 0.303 e.